The average Bonchev–Trinajstić information content (AvgIpc) is 1.83. The van der Waals surface area contributed by atoms with E-state index in [1.807, 2.05) is 0 Å². The molecule has 0 heterocycles. The Balaban J connectivity index is 4.25. The molecule has 0 aromatic carbocycles. The molecular weight excluding hydrogens is 179 g/mol. The molecule has 0 unspecified atom stereocenters. The summed E-state index contributed by atoms with van der Waals surface area (Å²) in [4.78, 5) is 10.4. The molecule has 0 aromatic rings. The van der Waals surface area contributed by atoms with Gasteiger partial charge in [-0.2, -0.15) is 0 Å². The van der Waals surface area contributed by atoms with Gasteiger partial charge in [0.1, 0.15) is 0 Å². The summed E-state index contributed by atoms with van der Waals surface area (Å²) < 4.78 is 21.1. The summed E-state index contributed by atoms with van der Waals surface area (Å²) >= 11 is 0. The number of carbonyl (C=O) groups is 1. The molecule has 5 heteroatoms. The summed E-state index contributed by atoms with van der Waals surface area (Å²) in [6.45, 7) is 6.78. The van der Waals surface area contributed by atoms with Crippen LogP contribution in [0.25, 0.3) is 0 Å². The first-order valence-electron chi connectivity index (χ1n) is 3.82. The molecule has 0 amide bonds. The van der Waals surface area contributed by atoms with E-state index in [-0.39, 0.29) is 18.2 Å². The molecule has 0 aliphatic carbocycles. The van der Waals surface area contributed by atoms with E-state index in [1.165, 1.54) is 0 Å². The summed E-state index contributed by atoms with van der Waals surface area (Å²) in [7, 11) is -3.49. The highest BCUT2D eigenvalue weighted by Gasteiger charge is 2.26. The van der Waals surface area contributed by atoms with Crippen molar-refractivity contribution >= 4 is 13.6 Å². The van der Waals surface area contributed by atoms with E-state index < -0.39 is 7.60 Å². The van der Waals surface area contributed by atoms with Crippen molar-refractivity contribution in [3.05, 3.63) is 0 Å². The minimum Gasteiger partial charge on any atom is -0.301 e. The van der Waals surface area contributed by atoms with Gasteiger partial charge in [-0.05, 0) is 27.7 Å². The van der Waals surface area contributed by atoms with Crippen LogP contribution in [-0.2, 0) is 18.4 Å². The van der Waals surface area contributed by atoms with Crippen LogP contribution in [0.15, 0.2) is 0 Å². The van der Waals surface area contributed by atoms with Gasteiger partial charge >= 0.3 is 7.60 Å². The fourth-order valence-corrected chi connectivity index (χ4v) is 1.99. The molecule has 0 aromatic heterocycles. The van der Waals surface area contributed by atoms with Crippen LogP contribution < -0.4 is 0 Å². The van der Waals surface area contributed by atoms with Crippen molar-refractivity contribution in [2.75, 3.05) is 0 Å². The number of hydrogen-bond donors (Lipinski definition) is 0. The Hall–Kier alpha value is -0.180. The lowest BCUT2D eigenvalue weighted by Crippen LogP contribution is -2.08. The third-order valence-electron chi connectivity index (χ3n) is 0.845. The topological polar surface area (TPSA) is 52.6 Å². The first kappa shape index (κ1) is 11.8. The largest absolute Gasteiger partial charge is 0.394 e. The van der Waals surface area contributed by atoms with Gasteiger partial charge in [-0.3, -0.25) is 9.36 Å². The van der Waals surface area contributed by atoms with Gasteiger partial charge in [-0.15, -0.1) is 0 Å². The second-order valence-electron chi connectivity index (χ2n) is 2.95. The first-order valence-corrected chi connectivity index (χ1v) is 5.43. The fourth-order valence-electron chi connectivity index (χ4n) is 0.662. The van der Waals surface area contributed by atoms with E-state index in [1.54, 1.807) is 27.7 Å². The van der Waals surface area contributed by atoms with Gasteiger partial charge in [0.05, 0.1) is 12.2 Å². The molecule has 0 rings (SSSR count). The SMILES string of the molecule is CC(C)OP(=O)(C=O)OC(C)C. The second-order valence-corrected chi connectivity index (χ2v) is 4.67. The van der Waals surface area contributed by atoms with E-state index in [0.29, 0.717) is 0 Å². The number of carbonyl (C=O) groups excluding carboxylic acids is 1. The van der Waals surface area contributed by atoms with Crippen molar-refractivity contribution in [2.24, 2.45) is 0 Å². The van der Waals surface area contributed by atoms with Crippen LogP contribution in [-0.4, -0.2) is 18.2 Å². The van der Waals surface area contributed by atoms with Gasteiger partial charge in [-0.25, -0.2) is 0 Å². The molecule has 0 atom stereocenters. The quantitative estimate of drug-likeness (QED) is 0.497. The van der Waals surface area contributed by atoms with E-state index in [4.69, 9.17) is 9.05 Å². The number of rotatable bonds is 5. The van der Waals surface area contributed by atoms with Gasteiger partial charge in [0, 0.05) is 0 Å². The number of hydrogen-bond acceptors (Lipinski definition) is 4. The summed E-state index contributed by atoms with van der Waals surface area (Å²) in [5.74, 6) is 0. The zero-order valence-electron chi connectivity index (χ0n) is 7.81. The molecule has 0 radical (unpaired) electrons. The maximum Gasteiger partial charge on any atom is 0.394 e. The Morgan fingerprint density at radius 3 is 1.58 bits per heavy atom. The third-order valence-corrected chi connectivity index (χ3v) is 2.53. The van der Waals surface area contributed by atoms with Crippen LogP contribution in [0.1, 0.15) is 27.7 Å². The van der Waals surface area contributed by atoms with Crippen LogP contribution in [0.5, 0.6) is 0 Å². The fraction of sp³-hybridized carbons (Fsp3) is 0.857. The van der Waals surface area contributed by atoms with Crippen molar-refractivity contribution in [1.82, 2.24) is 0 Å². The Bertz CT molecular complexity index is 174. The first-order chi connectivity index (χ1) is 5.39. The Morgan fingerprint density at radius 1 is 1.08 bits per heavy atom. The summed E-state index contributed by atoms with van der Waals surface area (Å²) in [6, 6.07) is 0.243. The van der Waals surface area contributed by atoms with Crippen LogP contribution in [0, 0.1) is 0 Å². The Morgan fingerprint density at radius 2 is 1.42 bits per heavy atom. The molecule has 12 heavy (non-hydrogen) atoms. The third kappa shape index (κ3) is 4.65. The molecule has 0 aliphatic rings. The molecule has 0 bridgehead atoms. The molecule has 0 saturated heterocycles. The zero-order chi connectivity index (χ0) is 9.78. The highest BCUT2D eigenvalue weighted by Crippen LogP contribution is 2.47. The molecule has 0 N–H and O–H groups in total. The van der Waals surface area contributed by atoms with Crippen molar-refractivity contribution in [1.29, 1.82) is 0 Å². The minimum absolute atomic E-state index is 0.243. The van der Waals surface area contributed by atoms with Crippen molar-refractivity contribution < 1.29 is 18.4 Å². The lowest BCUT2D eigenvalue weighted by atomic mass is 10.5. The Kier molecular flexibility index (Phi) is 4.68. The second kappa shape index (κ2) is 4.75. The molecule has 4 nitrogen and oxygen atoms in total. The summed E-state index contributed by atoms with van der Waals surface area (Å²) in [5, 5.41) is 0. The van der Waals surface area contributed by atoms with Gasteiger partial charge in [0.25, 0.3) is 0 Å². The van der Waals surface area contributed by atoms with E-state index in [2.05, 4.69) is 0 Å². The molecule has 0 aliphatic heterocycles. The maximum absolute atomic E-state index is 11.4. The highest BCUT2D eigenvalue weighted by atomic mass is 31.2. The average molecular weight is 194 g/mol. The van der Waals surface area contributed by atoms with E-state index in [0.717, 1.165) is 0 Å². The van der Waals surface area contributed by atoms with Crippen LogP contribution in [0.2, 0.25) is 0 Å². The zero-order valence-corrected chi connectivity index (χ0v) is 8.71. The van der Waals surface area contributed by atoms with Crippen molar-refractivity contribution in [2.45, 2.75) is 39.9 Å². The van der Waals surface area contributed by atoms with Crippen LogP contribution >= 0.6 is 7.60 Å². The summed E-state index contributed by atoms with van der Waals surface area (Å²) in [6.07, 6.45) is -0.556. The van der Waals surface area contributed by atoms with Crippen molar-refractivity contribution in [3.63, 3.8) is 0 Å². The maximum atomic E-state index is 11.4. The minimum atomic E-state index is -3.49. The molecule has 0 fully saturated rings. The normalized spacial score (nSPS) is 12.5. The van der Waals surface area contributed by atoms with Gasteiger partial charge in [-0.1, -0.05) is 0 Å². The molecule has 72 valence electrons. The Labute approximate surface area is 72.8 Å². The van der Waals surface area contributed by atoms with Gasteiger partial charge in [0.2, 0.25) is 6.03 Å². The monoisotopic (exact) mass is 194 g/mol. The van der Waals surface area contributed by atoms with Crippen LogP contribution in [0.4, 0.5) is 0 Å². The summed E-state index contributed by atoms with van der Waals surface area (Å²) in [5.41, 5.74) is 0. The standard InChI is InChI=1S/C7H15O4P/c1-6(2)10-12(9,5-8)11-7(3)4/h5-7H,1-4H3. The predicted molar refractivity (Wildman–Crippen MR) is 46.8 cm³/mol. The van der Waals surface area contributed by atoms with Crippen molar-refractivity contribution in [3.8, 4) is 0 Å². The van der Waals surface area contributed by atoms with Gasteiger partial charge in [0.15, 0.2) is 0 Å². The molecular formula is C7H15O4P. The van der Waals surface area contributed by atoms with E-state index in [9.17, 15) is 9.36 Å². The predicted octanol–water partition coefficient (Wildman–Crippen LogP) is 2.22. The van der Waals surface area contributed by atoms with Crippen LogP contribution in [0.3, 0.4) is 0 Å². The highest BCUT2D eigenvalue weighted by molar-refractivity contribution is 7.69. The smallest absolute Gasteiger partial charge is 0.301 e. The lowest BCUT2D eigenvalue weighted by Gasteiger charge is -2.17. The molecule has 0 saturated carbocycles. The van der Waals surface area contributed by atoms with E-state index >= 15 is 0 Å². The molecule has 0 spiro atoms. The van der Waals surface area contributed by atoms with Gasteiger partial charge < -0.3 is 9.05 Å². The lowest BCUT2D eigenvalue weighted by molar-refractivity contribution is 0.151.